The summed E-state index contributed by atoms with van der Waals surface area (Å²) in [6, 6.07) is 0. The van der Waals surface area contributed by atoms with Crippen molar-refractivity contribution in [2.75, 3.05) is 6.54 Å². The van der Waals surface area contributed by atoms with Crippen LogP contribution in [0.3, 0.4) is 0 Å². The first-order valence-corrected chi connectivity index (χ1v) is 2.31. The fourth-order valence-corrected chi connectivity index (χ4v) is 0. The Morgan fingerprint density at radius 2 is 1.89 bits per heavy atom. The van der Waals surface area contributed by atoms with Gasteiger partial charge in [0.15, 0.2) is 0 Å². The van der Waals surface area contributed by atoms with E-state index in [2.05, 4.69) is 12.3 Å². The molecule has 0 aliphatic rings. The molecular weight excluding hydrogens is 140 g/mol. The zero-order valence-electron chi connectivity index (χ0n) is 5.46. The molecule has 9 heavy (non-hydrogen) atoms. The summed E-state index contributed by atoms with van der Waals surface area (Å²) in [5.74, 6) is -0.481. The van der Waals surface area contributed by atoms with Gasteiger partial charge in [0.05, 0.1) is 0 Å². The van der Waals surface area contributed by atoms with Gasteiger partial charge in [0.1, 0.15) is 0 Å². The van der Waals surface area contributed by atoms with Crippen LogP contribution >= 0.6 is 12.4 Å². The van der Waals surface area contributed by atoms with E-state index in [-0.39, 0.29) is 12.4 Å². The fraction of sp³-hybridized carbons (Fsp3) is 0.400. The molecule has 0 aliphatic heterocycles. The summed E-state index contributed by atoms with van der Waals surface area (Å²) in [6.45, 7) is 5.74. The van der Waals surface area contributed by atoms with Gasteiger partial charge in [0, 0.05) is 0 Å². The molecule has 4 heteroatoms. The molecule has 4 N–H and O–H groups in total. The van der Waals surface area contributed by atoms with Crippen molar-refractivity contribution in [3.63, 3.8) is 0 Å². The van der Waals surface area contributed by atoms with Crippen molar-refractivity contribution in [2.24, 2.45) is 11.5 Å². The first kappa shape index (κ1) is 15.8. The molecule has 1 amide bonds. The van der Waals surface area contributed by atoms with E-state index in [0.29, 0.717) is 0 Å². The molecule has 3 nitrogen and oxygen atoms in total. The number of rotatable bonds is 1. The van der Waals surface area contributed by atoms with Gasteiger partial charge in [-0.05, 0) is 12.6 Å². The topological polar surface area (TPSA) is 69.1 Å². The predicted octanol–water partition coefficient (Wildman–Crippen LogP) is 0.0445. The van der Waals surface area contributed by atoms with Crippen LogP contribution in [0.2, 0.25) is 0 Å². The molecule has 56 valence electrons. The lowest BCUT2D eigenvalue weighted by atomic mass is 10.6. The van der Waals surface area contributed by atoms with Crippen LogP contribution in [0.15, 0.2) is 12.7 Å². The van der Waals surface area contributed by atoms with Gasteiger partial charge in [-0.25, -0.2) is 0 Å². The second-order valence-corrected chi connectivity index (χ2v) is 1.01. The smallest absolute Gasteiger partial charge is 0.240 e. The molecule has 0 aromatic carbocycles. The van der Waals surface area contributed by atoms with Crippen molar-refractivity contribution in [1.29, 1.82) is 0 Å². The Morgan fingerprint density at radius 3 is 1.89 bits per heavy atom. The second-order valence-electron chi connectivity index (χ2n) is 1.01. The molecule has 0 spiro atoms. The molecule has 0 bridgehead atoms. The Balaban J connectivity index is -0.0000000800. The van der Waals surface area contributed by atoms with Crippen LogP contribution < -0.4 is 11.5 Å². The van der Waals surface area contributed by atoms with Crippen LogP contribution in [0.25, 0.3) is 0 Å². The Bertz CT molecular complexity index is 75.4. The molecule has 0 unspecified atom stereocenters. The van der Waals surface area contributed by atoms with E-state index in [4.69, 9.17) is 5.73 Å². The molecule has 0 atom stereocenters. The minimum Gasteiger partial charge on any atom is -0.366 e. The summed E-state index contributed by atoms with van der Waals surface area (Å²) in [4.78, 5) is 9.47. The van der Waals surface area contributed by atoms with Crippen LogP contribution in [-0.2, 0) is 4.79 Å². The van der Waals surface area contributed by atoms with Gasteiger partial charge in [-0.15, -0.1) is 12.4 Å². The number of hydrogen-bond acceptors (Lipinski definition) is 2. The molecule has 0 aliphatic carbocycles. The van der Waals surface area contributed by atoms with Gasteiger partial charge in [-0.1, -0.05) is 13.5 Å². The Hall–Kier alpha value is -0.540. The van der Waals surface area contributed by atoms with E-state index < -0.39 is 5.91 Å². The molecule has 0 aromatic heterocycles. The number of carbonyl (C=O) groups excluding carboxylic acids is 1. The highest BCUT2D eigenvalue weighted by molar-refractivity contribution is 5.85. The zero-order valence-corrected chi connectivity index (χ0v) is 6.28. The molecule has 0 saturated carbocycles. The molecule has 0 fully saturated rings. The van der Waals surface area contributed by atoms with Crippen LogP contribution in [0, 0.1) is 0 Å². The Morgan fingerprint density at radius 1 is 1.78 bits per heavy atom. The lowest BCUT2D eigenvalue weighted by Crippen LogP contribution is -2.04. The Kier molecular flexibility index (Phi) is 27.5. The molecule has 0 saturated heterocycles. The van der Waals surface area contributed by atoms with E-state index in [1.165, 1.54) is 0 Å². The molecule has 0 heterocycles. The standard InChI is InChI=1S/C3H5NO.C2H7N.ClH/c1-2-3(4)5;1-2-3;/h2H,1H2,(H2,4,5);2-3H2,1H3;1H. The number of nitrogens with two attached hydrogens (primary N) is 2. The van der Waals surface area contributed by atoms with E-state index in [0.717, 1.165) is 12.6 Å². The van der Waals surface area contributed by atoms with Crippen molar-refractivity contribution < 1.29 is 4.79 Å². The first-order chi connectivity index (χ1) is 3.68. The highest BCUT2D eigenvalue weighted by atomic mass is 35.5. The third-order valence-electron chi connectivity index (χ3n) is 0.201. The second kappa shape index (κ2) is 15.7. The van der Waals surface area contributed by atoms with Gasteiger partial charge in [-0.3, -0.25) is 4.79 Å². The maximum absolute atomic E-state index is 9.47. The molecule has 0 radical (unpaired) electrons. The maximum Gasteiger partial charge on any atom is 0.240 e. The van der Waals surface area contributed by atoms with Gasteiger partial charge >= 0.3 is 0 Å². The van der Waals surface area contributed by atoms with Gasteiger partial charge in [0.2, 0.25) is 5.91 Å². The number of halogens is 1. The minimum absolute atomic E-state index is 0. The Labute approximate surface area is 61.5 Å². The van der Waals surface area contributed by atoms with Crippen molar-refractivity contribution in [2.45, 2.75) is 6.92 Å². The van der Waals surface area contributed by atoms with Gasteiger partial charge < -0.3 is 11.5 Å². The summed E-state index contributed by atoms with van der Waals surface area (Å²) in [5, 5.41) is 0. The van der Waals surface area contributed by atoms with Crippen LogP contribution in [0.5, 0.6) is 0 Å². The predicted molar refractivity (Wildman–Crippen MR) is 41.4 cm³/mol. The number of amides is 1. The van der Waals surface area contributed by atoms with E-state index in [1.807, 2.05) is 6.92 Å². The molecule has 0 aromatic rings. The normalized spacial score (nSPS) is 5.56. The first-order valence-electron chi connectivity index (χ1n) is 2.31. The van der Waals surface area contributed by atoms with Crippen LogP contribution in [0.1, 0.15) is 6.92 Å². The van der Waals surface area contributed by atoms with Crippen LogP contribution in [0.4, 0.5) is 0 Å². The summed E-state index contributed by atoms with van der Waals surface area (Å²) in [6.07, 6.45) is 1.06. The number of carbonyl (C=O) groups is 1. The monoisotopic (exact) mass is 152 g/mol. The summed E-state index contributed by atoms with van der Waals surface area (Å²) < 4.78 is 0. The van der Waals surface area contributed by atoms with Crippen molar-refractivity contribution in [1.82, 2.24) is 0 Å². The minimum atomic E-state index is -0.481. The fourth-order valence-electron chi connectivity index (χ4n) is 0. The maximum atomic E-state index is 9.47. The number of hydrogen-bond donors (Lipinski definition) is 2. The lowest BCUT2D eigenvalue weighted by Gasteiger charge is -1.65. The van der Waals surface area contributed by atoms with E-state index in [9.17, 15) is 4.79 Å². The molecule has 0 rings (SSSR count). The highest BCUT2D eigenvalue weighted by Crippen LogP contribution is 1.48. The van der Waals surface area contributed by atoms with Crippen LogP contribution in [-0.4, -0.2) is 12.5 Å². The van der Waals surface area contributed by atoms with E-state index in [1.54, 1.807) is 0 Å². The highest BCUT2D eigenvalue weighted by Gasteiger charge is 1.69. The SMILES string of the molecule is C=CC(N)=O.CCN.Cl. The third-order valence-corrected chi connectivity index (χ3v) is 0.201. The largest absolute Gasteiger partial charge is 0.366 e. The van der Waals surface area contributed by atoms with Gasteiger partial charge in [-0.2, -0.15) is 0 Å². The quantitative estimate of drug-likeness (QED) is 0.521. The summed E-state index contributed by atoms with van der Waals surface area (Å²) in [5.41, 5.74) is 9.38. The summed E-state index contributed by atoms with van der Waals surface area (Å²) >= 11 is 0. The lowest BCUT2D eigenvalue weighted by molar-refractivity contribution is -0.113. The van der Waals surface area contributed by atoms with E-state index >= 15 is 0 Å². The van der Waals surface area contributed by atoms with Crippen molar-refractivity contribution >= 4 is 18.3 Å². The molecular formula is C5H13ClN2O. The average molecular weight is 153 g/mol. The number of primary amides is 1. The average Bonchev–Trinajstić information content (AvgIpc) is 1.69. The third kappa shape index (κ3) is 104. The summed E-state index contributed by atoms with van der Waals surface area (Å²) in [7, 11) is 0. The van der Waals surface area contributed by atoms with Gasteiger partial charge in [0.25, 0.3) is 0 Å². The van der Waals surface area contributed by atoms with Crippen molar-refractivity contribution in [3.8, 4) is 0 Å². The zero-order chi connectivity index (χ0) is 6.99. The van der Waals surface area contributed by atoms with Crippen molar-refractivity contribution in [3.05, 3.63) is 12.7 Å².